The topological polar surface area (TPSA) is 315 Å². The maximum atomic E-state index is 13.2. The van der Waals surface area contributed by atoms with E-state index in [2.05, 4.69) is 257 Å². The van der Waals surface area contributed by atoms with Gasteiger partial charge in [0, 0.05) is 150 Å². The summed E-state index contributed by atoms with van der Waals surface area (Å²) in [5.74, 6) is -0.711. The van der Waals surface area contributed by atoms with Crippen molar-refractivity contribution in [3.05, 3.63) is 402 Å². The number of pyridine rings is 3. The smallest absolute Gasteiger partial charge is 0.276 e. The monoisotopic (exact) mass is 1780 g/mol. The van der Waals surface area contributed by atoms with Crippen molar-refractivity contribution in [1.29, 1.82) is 0 Å². The van der Waals surface area contributed by atoms with Gasteiger partial charge in [0.15, 0.2) is 17.1 Å². The fraction of sp³-hybridized carbons (Fsp3) is 0.107. The number of rotatable bonds is 0. The third kappa shape index (κ3) is 18.8. The zero-order chi connectivity index (χ0) is 92.1. The molecule has 664 valence electrons. The minimum absolute atomic E-state index is 0.0226. The molecular weight excluding hydrogens is 1690 g/mol. The first-order chi connectivity index (χ1) is 66.6. The highest BCUT2D eigenvalue weighted by atomic mass is 16.2. The zero-order valence-electron chi connectivity index (χ0n) is 74.6. The number of amides is 4. The number of anilines is 4. The number of carbonyl (C=O) groups excluding carboxylic acids is 4. The Labute approximate surface area is 782 Å². The molecule has 4 amide bonds. The minimum Gasteiger partial charge on any atom is -0.354 e. The number of nitrogens with zero attached hydrogens (tertiary/aromatic N) is 10. The number of benzene rings is 12. The summed E-state index contributed by atoms with van der Waals surface area (Å²) in [6, 6.07) is 96.5. The Morgan fingerprint density at radius 2 is 0.654 bits per heavy atom. The van der Waals surface area contributed by atoms with E-state index in [1.165, 1.54) is 22.3 Å². The molecule has 4 aliphatic rings. The van der Waals surface area contributed by atoms with Crippen LogP contribution < -0.4 is 31.9 Å². The average Bonchev–Trinajstić information content (AvgIpc) is 1.62. The summed E-state index contributed by atoms with van der Waals surface area (Å²) in [4.78, 5) is 67.7. The number of nitrogens with one attached hydrogen (secondary N) is 10. The van der Waals surface area contributed by atoms with Crippen LogP contribution in [0.25, 0.3) is 138 Å². The van der Waals surface area contributed by atoms with Gasteiger partial charge in [-0.2, -0.15) is 25.5 Å². The minimum atomic E-state index is -0.248. The molecule has 4 aliphatic heterocycles. The first-order valence-corrected chi connectivity index (χ1v) is 45.2. The Hall–Kier alpha value is -17.5. The molecule has 24 nitrogen and oxygen atoms in total. The molecule has 20 aromatic rings. The van der Waals surface area contributed by atoms with Crippen LogP contribution in [-0.4, -0.2) is 101 Å². The Morgan fingerprint density at radius 1 is 0.294 bits per heavy atom. The van der Waals surface area contributed by atoms with Crippen molar-refractivity contribution < 1.29 is 19.2 Å². The van der Waals surface area contributed by atoms with Crippen LogP contribution in [0.4, 0.5) is 22.7 Å². The Kier molecular flexibility index (Phi) is 23.7. The summed E-state index contributed by atoms with van der Waals surface area (Å²) in [5, 5.41) is 56.4. The zero-order valence-corrected chi connectivity index (χ0v) is 74.6. The van der Waals surface area contributed by atoms with E-state index in [1.807, 2.05) is 188 Å². The van der Waals surface area contributed by atoms with Gasteiger partial charge in [0.25, 0.3) is 17.7 Å². The highest BCUT2D eigenvalue weighted by Crippen LogP contribution is 2.37. The number of aromatic amines is 4. The molecule has 12 heterocycles. The fourth-order valence-corrected chi connectivity index (χ4v) is 18.2. The van der Waals surface area contributed by atoms with Crippen molar-refractivity contribution >= 4 is 95.7 Å². The van der Waals surface area contributed by atoms with Gasteiger partial charge in [-0.3, -0.25) is 64.1 Å². The molecule has 0 radical (unpaired) electrons. The Morgan fingerprint density at radius 3 is 1.16 bits per heavy atom. The van der Waals surface area contributed by atoms with Crippen LogP contribution in [0.3, 0.4) is 0 Å². The van der Waals surface area contributed by atoms with Crippen LogP contribution in [0.5, 0.6) is 0 Å². The lowest BCUT2D eigenvalue weighted by Crippen LogP contribution is -2.23. The van der Waals surface area contributed by atoms with Crippen molar-refractivity contribution in [2.75, 3.05) is 28.3 Å². The van der Waals surface area contributed by atoms with Crippen molar-refractivity contribution in [2.24, 2.45) is 7.05 Å². The van der Waals surface area contributed by atoms with Gasteiger partial charge in [0.2, 0.25) is 5.91 Å². The van der Waals surface area contributed by atoms with Crippen molar-refractivity contribution in [3.8, 4) is 89.0 Å². The van der Waals surface area contributed by atoms with Crippen molar-refractivity contribution in [1.82, 2.24) is 81.1 Å². The second-order valence-corrected chi connectivity index (χ2v) is 34.7. The third-order valence-electron chi connectivity index (χ3n) is 25.1. The molecule has 24 rings (SSSR count). The van der Waals surface area contributed by atoms with E-state index in [1.54, 1.807) is 6.20 Å². The molecule has 0 saturated heterocycles. The summed E-state index contributed by atoms with van der Waals surface area (Å²) >= 11 is 0. The van der Waals surface area contributed by atoms with E-state index in [0.29, 0.717) is 48.7 Å². The first kappa shape index (κ1) is 85.3. The number of aromatic nitrogens is 13. The molecule has 8 aromatic heterocycles. The Balaban J connectivity index is 0.000000109. The van der Waals surface area contributed by atoms with Gasteiger partial charge in [-0.15, -0.1) is 0 Å². The lowest BCUT2D eigenvalue weighted by atomic mass is 9.98. The van der Waals surface area contributed by atoms with Gasteiger partial charge in [-0.05, 0) is 266 Å². The summed E-state index contributed by atoms with van der Waals surface area (Å²) < 4.78 is 1.89. The van der Waals surface area contributed by atoms with Gasteiger partial charge < -0.3 is 31.9 Å². The number of fused-ring (bicyclic) bond motifs is 35. The largest absolute Gasteiger partial charge is 0.354 e. The molecule has 0 saturated carbocycles. The van der Waals surface area contributed by atoms with E-state index in [0.717, 1.165) is 222 Å². The summed E-state index contributed by atoms with van der Waals surface area (Å²) in [6.45, 7) is 7.72. The van der Waals surface area contributed by atoms with Gasteiger partial charge >= 0.3 is 0 Å². The highest BCUT2D eigenvalue weighted by molar-refractivity contribution is 6.14. The van der Waals surface area contributed by atoms with Crippen LogP contribution >= 0.6 is 0 Å². The van der Waals surface area contributed by atoms with Gasteiger partial charge in [-0.1, -0.05) is 164 Å². The molecule has 10 N–H and O–H groups in total. The second-order valence-electron chi connectivity index (χ2n) is 34.7. The molecule has 0 unspecified atom stereocenters. The predicted octanol–water partition coefficient (Wildman–Crippen LogP) is 21.9. The average molecular weight is 1780 g/mol. The molecular formula is C112H92N20O4. The lowest BCUT2D eigenvalue weighted by molar-refractivity contribution is -0.121. The maximum absolute atomic E-state index is 13.2. The molecule has 30 bridgehead atoms. The number of hydrogen-bond acceptors (Lipinski definition) is 15. The fourth-order valence-electron chi connectivity index (χ4n) is 18.2. The predicted molar refractivity (Wildman–Crippen MR) is 538 cm³/mol. The van der Waals surface area contributed by atoms with E-state index in [-0.39, 0.29) is 23.6 Å². The molecule has 24 heteroatoms. The van der Waals surface area contributed by atoms with Crippen LogP contribution in [-0.2, 0) is 63.8 Å². The normalized spacial score (nSPS) is 13.7. The Bertz CT molecular complexity index is 8030. The molecule has 0 fully saturated rings. The lowest BCUT2D eigenvalue weighted by Gasteiger charge is -2.18. The van der Waals surface area contributed by atoms with Crippen LogP contribution in [0, 0.1) is 0 Å². The van der Waals surface area contributed by atoms with Gasteiger partial charge in [-0.25, -0.2) is 0 Å². The second kappa shape index (κ2) is 37.8. The molecule has 0 aliphatic carbocycles. The van der Waals surface area contributed by atoms with E-state index >= 15 is 0 Å². The number of H-pyrrole nitrogens is 4. The maximum Gasteiger partial charge on any atom is 0.276 e. The number of hydrogen-bond donors (Lipinski definition) is 10. The van der Waals surface area contributed by atoms with Crippen LogP contribution in [0.15, 0.2) is 335 Å². The molecule has 136 heavy (non-hydrogen) atoms. The molecule has 0 atom stereocenters. The standard InChI is InChI=1S/C30H25N5O.C28H23N5O.C28H22N4O.C26H22N6O/c1-19-30-27-15-24(9-10-28(27)34-35-30)25-13-21(16-31-18-25)17-32-29(36)11-8-20-4-2-5-22(12-20)23-6-3-7-26(14-23)33-19;1-33-16-18-4-2-5-20(10-18)21-6-3-7-24(12-21)30-28(34)27-25-13-22(8-9-26(25)31-32-27)23-11-19(17-33)14-29-15-23;33-28-27-25-15-22(10-11-26(25)31-32-27)23-13-19(16-29-17-23)6-1-4-18-5-2-7-20(12-18)21-8-3-9-24(14-21)30-28;1-32-24-15-27-13-16-4-2-5-17(10-16)18-6-3-7-20(11-18)29-26(33)25-21-12-19(22(24)14-28-32)8-9-23(21)30-31-25/h2-7,9-10,12-16,18,33H,1,8,11,17H2,(H,32,36)(H,34,35);2-15H,16-17H2,1H3,(H,30,34)(H,31,32);2-3,5,7-17H,1,4,6H2,(H,30,33)(H,31,32);2-12,14,27H,13,15H2,1H3,(H,29,33)(H,30,31). The highest BCUT2D eigenvalue weighted by Gasteiger charge is 2.24. The summed E-state index contributed by atoms with van der Waals surface area (Å²) in [6.07, 6.45) is 17.2. The molecule has 0 spiro atoms. The summed E-state index contributed by atoms with van der Waals surface area (Å²) in [7, 11) is 4.07. The number of carbonyl (C=O) groups is 4. The van der Waals surface area contributed by atoms with Crippen LogP contribution in [0.2, 0.25) is 0 Å². The van der Waals surface area contributed by atoms with E-state index < -0.39 is 0 Å². The number of aryl methyl sites for hydroxylation is 4. The van der Waals surface area contributed by atoms with Crippen molar-refractivity contribution in [3.63, 3.8) is 0 Å². The van der Waals surface area contributed by atoms with Crippen LogP contribution in [0.1, 0.15) is 94.6 Å². The SMILES string of the molecule is C=C1Nc2cccc(c2)-c2cccc(c2)CCC(=O)NCc2cncc(c2)-c2ccc3[nH]nc1c3c2.CN1Cc2cccc(c2)-c2cccc(c2)NC(=O)c2n[nH]c3ccc(cc23)-c2cncc(c2)C1.Cn1ncc2c1CNCc1cccc(c1)-c1cccc(c1)NC(=O)c1n[nH]c3ccc-2cc13.O=C1Nc2cccc(c2)-c2cccc(c2)CCCc2cncc(c2)-c2ccc3[nH]nc1c3c2. The van der Waals surface area contributed by atoms with E-state index in [4.69, 9.17) is 0 Å². The third-order valence-corrected chi connectivity index (χ3v) is 25.1. The van der Waals surface area contributed by atoms with Crippen molar-refractivity contribution in [2.45, 2.75) is 64.8 Å². The van der Waals surface area contributed by atoms with Gasteiger partial charge in [0.05, 0.1) is 39.7 Å². The first-order valence-electron chi connectivity index (χ1n) is 45.2. The van der Waals surface area contributed by atoms with Gasteiger partial charge in [0.1, 0.15) is 5.69 Å². The van der Waals surface area contributed by atoms with E-state index in [9.17, 15) is 19.2 Å². The summed E-state index contributed by atoms with van der Waals surface area (Å²) in [5.41, 5.74) is 35.2. The molecule has 12 aromatic carbocycles. The quantitative estimate of drug-likeness (QED) is 0.0675.